The summed E-state index contributed by atoms with van der Waals surface area (Å²) in [5.74, 6) is -11.7. The van der Waals surface area contributed by atoms with E-state index in [1.54, 1.807) is 65.3 Å². The number of hydrogen-bond acceptors (Lipinski definition) is 14. The van der Waals surface area contributed by atoms with Crippen LogP contribution in [0, 0.1) is 41.4 Å². The Balaban J connectivity index is 2.35. The number of carboxylic acids is 1. The number of aryl methyl sites for hydroxylation is 1. The van der Waals surface area contributed by atoms with E-state index < -0.39 is 162 Å². The Morgan fingerprint density at radius 3 is 1.45 bits per heavy atom. The largest absolute Gasteiger partial charge is 0.478 e. The molecule has 1 aromatic carbocycles. The number of aliphatic hydroxyl groups is 1. The molecule has 3 rings (SSSR count). The van der Waals surface area contributed by atoms with Crippen molar-refractivity contribution in [2.75, 3.05) is 55.9 Å². The van der Waals surface area contributed by atoms with E-state index >= 15 is 19.2 Å². The van der Waals surface area contributed by atoms with Gasteiger partial charge in [-0.05, 0) is 99.5 Å². The zero-order chi connectivity index (χ0) is 72.9. The van der Waals surface area contributed by atoms with Gasteiger partial charge in [0.25, 0.3) is 0 Å². The molecule has 11 amide bonds. The Labute approximate surface area is 562 Å². The first-order valence-corrected chi connectivity index (χ1v) is 33.4. The van der Waals surface area contributed by atoms with Crippen LogP contribution in [0.2, 0.25) is 0 Å². The van der Waals surface area contributed by atoms with Gasteiger partial charge in [0.15, 0.2) is 0 Å². The fourth-order valence-corrected chi connectivity index (χ4v) is 12.3. The highest BCUT2D eigenvalue weighted by Gasteiger charge is 2.46. The lowest BCUT2D eigenvalue weighted by molar-refractivity contribution is -0.157. The minimum atomic E-state index is -1.80. The molecule has 0 spiro atoms. The summed E-state index contributed by atoms with van der Waals surface area (Å²) in [7, 11) is 11.3. The molecular formula is C68H113N13O14. The molecule has 1 aromatic heterocycles. The standard InChI is InChI=1S/C68H113N13O14/c1-25-45-63(89)74(17)34-52(82)75(18)47(29-35(2)3)60(86)73-53(39(10)11)66(92)76(19)48(30-36(4)5)59(85)69-42(15)58(84)70-43(16)62(88)77(20)49(31-37(6)7)64(90)78(21)50(32-38(8)9)65(91)80(23)54(40(12)13)67(93)81(24)56(61(87)72-45)57(83)41(14)33-51-71-46-28-26-27-44(68(94)95)55(46)79(51)22/h26-28,35-43,45,47-50,53-54,56-57,83H,25,29-34H2,1-24H3,(H,69,85)(H,70,84)(H,72,87)(H,73,86)(H,94,95). The molecule has 1 aliphatic rings. The first-order valence-electron chi connectivity index (χ1n) is 33.4. The number of nitrogens with zero attached hydrogens (tertiary/aromatic N) is 9. The molecule has 0 radical (unpaired) electrons. The Kier molecular flexibility index (Phi) is 30.3. The lowest BCUT2D eigenvalue weighted by atomic mass is 9.91. The molecular weight excluding hydrogens is 1220 g/mol. The summed E-state index contributed by atoms with van der Waals surface area (Å²) in [6.45, 7) is 27.1. The number of aliphatic hydroxyl groups excluding tert-OH is 1. The van der Waals surface area contributed by atoms with Gasteiger partial charge in [-0.1, -0.05) is 103 Å². The summed E-state index contributed by atoms with van der Waals surface area (Å²) in [6.07, 6.45) is -1.37. The summed E-state index contributed by atoms with van der Waals surface area (Å²) in [5.41, 5.74) is 0.649. The van der Waals surface area contributed by atoms with Gasteiger partial charge in [0.05, 0.1) is 29.2 Å². The fourth-order valence-electron chi connectivity index (χ4n) is 12.3. The molecule has 1 fully saturated rings. The number of carbonyl (C=O) groups is 12. The Hall–Kier alpha value is -7.71. The predicted molar refractivity (Wildman–Crippen MR) is 360 cm³/mol. The van der Waals surface area contributed by atoms with E-state index in [9.17, 15) is 48.6 Å². The fraction of sp³-hybridized carbons (Fsp3) is 0.721. The Morgan fingerprint density at radius 1 is 0.516 bits per heavy atom. The minimum absolute atomic E-state index is 0.0195. The van der Waals surface area contributed by atoms with Gasteiger partial charge >= 0.3 is 5.97 Å². The number of imidazole rings is 1. The van der Waals surface area contributed by atoms with E-state index in [4.69, 9.17) is 0 Å². The maximum absolute atomic E-state index is 15.5. The molecule has 6 N–H and O–H groups in total. The van der Waals surface area contributed by atoms with Crippen LogP contribution in [-0.4, -0.2) is 247 Å². The van der Waals surface area contributed by atoms with Gasteiger partial charge in [-0.25, -0.2) is 9.78 Å². The van der Waals surface area contributed by atoms with Crippen molar-refractivity contribution in [2.24, 2.45) is 48.5 Å². The van der Waals surface area contributed by atoms with Gasteiger partial charge in [-0.3, -0.25) is 52.7 Å². The number of carboxylic acid groups (broad SMARTS) is 1. The van der Waals surface area contributed by atoms with Gasteiger partial charge in [0.1, 0.15) is 66.2 Å². The van der Waals surface area contributed by atoms with Gasteiger partial charge in [-0.2, -0.15) is 0 Å². The van der Waals surface area contributed by atoms with Gasteiger partial charge in [0, 0.05) is 62.8 Å². The van der Waals surface area contributed by atoms with Crippen LogP contribution in [0.5, 0.6) is 0 Å². The number of aromatic nitrogens is 2. The molecule has 2 aromatic rings. The van der Waals surface area contributed by atoms with Crippen molar-refractivity contribution >= 4 is 82.0 Å². The van der Waals surface area contributed by atoms with Gasteiger partial charge in [-0.15, -0.1) is 0 Å². The molecule has 1 saturated heterocycles. The Morgan fingerprint density at radius 2 is 0.968 bits per heavy atom. The van der Waals surface area contributed by atoms with Crippen LogP contribution in [0.4, 0.5) is 0 Å². The summed E-state index contributed by atoms with van der Waals surface area (Å²) in [6, 6.07) is -8.37. The lowest BCUT2D eigenvalue weighted by Crippen LogP contribution is -2.63. The average molecular weight is 1340 g/mol. The van der Waals surface area contributed by atoms with Gasteiger partial charge in [0.2, 0.25) is 65.0 Å². The average Bonchev–Trinajstić information content (AvgIpc) is 1.75. The predicted octanol–water partition coefficient (Wildman–Crippen LogP) is 3.13. The molecule has 534 valence electrons. The van der Waals surface area contributed by atoms with E-state index in [0.717, 1.165) is 9.80 Å². The molecule has 27 nitrogen and oxygen atoms in total. The third kappa shape index (κ3) is 20.7. The maximum atomic E-state index is 15.5. The zero-order valence-electron chi connectivity index (χ0n) is 60.9. The maximum Gasteiger partial charge on any atom is 0.337 e. The number of carbonyl (C=O) groups excluding carboxylic acids is 11. The van der Waals surface area contributed by atoms with Crippen LogP contribution in [0.25, 0.3) is 11.0 Å². The van der Waals surface area contributed by atoms with Crippen molar-refractivity contribution in [2.45, 2.75) is 216 Å². The minimum Gasteiger partial charge on any atom is -0.478 e. The van der Waals surface area contributed by atoms with Crippen LogP contribution >= 0.6 is 0 Å². The number of para-hydroxylation sites is 1. The molecule has 2 heterocycles. The van der Waals surface area contributed by atoms with Crippen molar-refractivity contribution in [3.8, 4) is 0 Å². The number of fused-ring (bicyclic) bond motifs is 1. The highest BCUT2D eigenvalue weighted by atomic mass is 16.4. The van der Waals surface area contributed by atoms with Crippen molar-refractivity contribution in [1.82, 2.24) is 65.1 Å². The zero-order valence-corrected chi connectivity index (χ0v) is 60.9. The molecule has 0 aliphatic carbocycles. The van der Waals surface area contributed by atoms with E-state index in [1.807, 2.05) is 55.4 Å². The van der Waals surface area contributed by atoms with E-state index in [2.05, 4.69) is 26.3 Å². The van der Waals surface area contributed by atoms with Crippen molar-refractivity contribution in [3.63, 3.8) is 0 Å². The summed E-state index contributed by atoms with van der Waals surface area (Å²) >= 11 is 0. The number of amides is 11. The molecule has 12 atom stereocenters. The van der Waals surface area contributed by atoms with E-state index in [0.29, 0.717) is 16.9 Å². The number of likely N-dealkylation sites (N-methyl/N-ethyl adjacent to an activating group) is 7. The van der Waals surface area contributed by atoms with Crippen molar-refractivity contribution in [1.29, 1.82) is 0 Å². The molecule has 95 heavy (non-hydrogen) atoms. The number of benzene rings is 1. The van der Waals surface area contributed by atoms with Crippen LogP contribution < -0.4 is 21.3 Å². The summed E-state index contributed by atoms with van der Waals surface area (Å²) < 4.78 is 1.58. The quantitative estimate of drug-likeness (QED) is 0.141. The Bertz CT molecular complexity index is 3070. The highest BCUT2D eigenvalue weighted by Crippen LogP contribution is 2.28. The van der Waals surface area contributed by atoms with Gasteiger partial charge < -0.3 is 70.3 Å². The SMILES string of the molecule is CCC1NC(=O)C(C(O)C(C)Cc2nc3cccc(C(=O)O)c3n2C)N(C)C(=O)C(C(C)C)N(C)C(=O)C(CC(C)C)N(C)C(=O)C(CC(C)C)N(C)C(=O)C(C)NC(=O)C(C)NC(=O)C(CC(C)C)N(C)C(=O)C(C(C)C)NC(=O)C(CC(C)C)N(C)C(=O)CN(C)C1=O. The van der Waals surface area contributed by atoms with Crippen LogP contribution in [-0.2, 0) is 66.2 Å². The third-order valence-electron chi connectivity index (χ3n) is 18.1. The molecule has 0 bridgehead atoms. The summed E-state index contributed by atoms with van der Waals surface area (Å²) in [5, 5.41) is 33.6. The van der Waals surface area contributed by atoms with E-state index in [-0.39, 0.29) is 67.8 Å². The molecule has 12 unspecified atom stereocenters. The number of nitrogens with one attached hydrogen (secondary N) is 4. The van der Waals surface area contributed by atoms with Crippen molar-refractivity contribution in [3.05, 3.63) is 29.6 Å². The molecule has 27 heteroatoms. The molecule has 0 saturated carbocycles. The first kappa shape index (κ1) is 81.5. The lowest BCUT2D eigenvalue weighted by Gasteiger charge is -2.41. The normalized spacial score (nSPS) is 25.3. The van der Waals surface area contributed by atoms with Crippen LogP contribution in [0.3, 0.4) is 0 Å². The third-order valence-corrected chi connectivity index (χ3v) is 18.1. The second kappa shape index (κ2) is 35.3. The smallest absolute Gasteiger partial charge is 0.337 e. The topological polar surface area (TPSA) is 334 Å². The van der Waals surface area contributed by atoms with Crippen molar-refractivity contribution < 1.29 is 67.7 Å². The highest BCUT2D eigenvalue weighted by molar-refractivity contribution is 6.02. The second-order valence-electron chi connectivity index (χ2n) is 28.6. The molecule has 1 aliphatic heterocycles. The number of rotatable bonds is 16. The first-order chi connectivity index (χ1) is 43.9. The van der Waals surface area contributed by atoms with Crippen LogP contribution in [0.1, 0.15) is 159 Å². The monoisotopic (exact) mass is 1340 g/mol. The van der Waals surface area contributed by atoms with Crippen LogP contribution in [0.15, 0.2) is 18.2 Å². The number of aromatic carboxylic acids is 1. The summed E-state index contributed by atoms with van der Waals surface area (Å²) in [4.78, 5) is 187. The van der Waals surface area contributed by atoms with E-state index in [1.165, 1.54) is 93.7 Å². The number of hydrogen-bond donors (Lipinski definition) is 6. The second-order valence-corrected chi connectivity index (χ2v) is 28.6.